The summed E-state index contributed by atoms with van der Waals surface area (Å²) in [6.07, 6.45) is 0.280. The number of hydrogen-bond acceptors (Lipinski definition) is 8. The van der Waals surface area contributed by atoms with Crippen LogP contribution in [0.1, 0.15) is 48.2 Å². The molecule has 2 N–H and O–H groups in total. The van der Waals surface area contributed by atoms with E-state index in [1.165, 1.54) is 11.3 Å². The standard InChI is InChI=1S/C27H31N5O4S/c1-16-13-35-14-20-8-7-19(9-21(16)20)26(34)28-10-25(33)31-27-30-23(15-37-27)22-5-4-6-24(29-22)32-11-17(2)36-18(3)12-32/h4-9,15-18H,10-14H2,1-3H3,(H,28,34)(H,30,31,33)/t16-,17-,18+/m0/s1. The number of morpholine rings is 1. The summed E-state index contributed by atoms with van der Waals surface area (Å²) in [6.45, 7) is 8.82. The molecule has 9 nitrogen and oxygen atoms in total. The summed E-state index contributed by atoms with van der Waals surface area (Å²) in [5.74, 6) is 0.483. The van der Waals surface area contributed by atoms with Crippen molar-refractivity contribution in [3.63, 3.8) is 0 Å². The molecule has 0 radical (unpaired) electrons. The van der Waals surface area contributed by atoms with Gasteiger partial charge in [0.05, 0.1) is 37.7 Å². The summed E-state index contributed by atoms with van der Waals surface area (Å²) in [5, 5.41) is 7.78. The van der Waals surface area contributed by atoms with Crippen LogP contribution in [0.4, 0.5) is 10.9 Å². The summed E-state index contributed by atoms with van der Waals surface area (Å²) in [6, 6.07) is 11.4. The lowest BCUT2D eigenvalue weighted by Gasteiger charge is -2.36. The smallest absolute Gasteiger partial charge is 0.251 e. The van der Waals surface area contributed by atoms with Gasteiger partial charge < -0.3 is 25.0 Å². The van der Waals surface area contributed by atoms with Crippen LogP contribution in [0.25, 0.3) is 11.4 Å². The van der Waals surface area contributed by atoms with Crippen LogP contribution in [0.5, 0.6) is 0 Å². The van der Waals surface area contributed by atoms with Crippen molar-refractivity contribution in [2.45, 2.75) is 45.5 Å². The van der Waals surface area contributed by atoms with E-state index in [-0.39, 0.29) is 36.5 Å². The number of hydrogen-bond donors (Lipinski definition) is 2. The summed E-state index contributed by atoms with van der Waals surface area (Å²) in [7, 11) is 0. The SMILES string of the molecule is C[C@@H]1CN(c2cccc(-c3csc(NC(=O)CNC(=O)c4ccc5c(c4)[C@@H](C)COC5)n3)n2)C[C@H](C)O1. The first-order valence-electron chi connectivity index (χ1n) is 12.5. The van der Waals surface area contributed by atoms with E-state index in [9.17, 15) is 9.59 Å². The van der Waals surface area contributed by atoms with E-state index in [0.717, 1.165) is 35.7 Å². The Kier molecular flexibility index (Phi) is 7.50. The summed E-state index contributed by atoms with van der Waals surface area (Å²) in [5.41, 5.74) is 4.18. The predicted octanol–water partition coefficient (Wildman–Crippen LogP) is 3.82. The number of aromatic nitrogens is 2. The first kappa shape index (κ1) is 25.3. The highest BCUT2D eigenvalue weighted by Crippen LogP contribution is 2.28. The lowest BCUT2D eigenvalue weighted by molar-refractivity contribution is -0.115. The Morgan fingerprint density at radius 2 is 1.89 bits per heavy atom. The topological polar surface area (TPSA) is 106 Å². The van der Waals surface area contributed by atoms with Gasteiger partial charge in [0, 0.05) is 30.0 Å². The molecule has 1 aromatic carbocycles. The maximum absolute atomic E-state index is 12.6. The minimum atomic E-state index is -0.341. The molecule has 0 spiro atoms. The van der Waals surface area contributed by atoms with Crippen LogP contribution in [0, 0.1) is 0 Å². The first-order valence-corrected chi connectivity index (χ1v) is 13.4. The van der Waals surface area contributed by atoms with Crippen molar-refractivity contribution < 1.29 is 19.1 Å². The normalized spacial score (nSPS) is 21.3. The Balaban J connectivity index is 1.18. The Morgan fingerprint density at radius 1 is 1.08 bits per heavy atom. The average molecular weight is 522 g/mol. The molecule has 2 aliphatic rings. The molecule has 1 fully saturated rings. The molecule has 2 amide bonds. The predicted molar refractivity (Wildman–Crippen MR) is 143 cm³/mol. The number of pyridine rings is 1. The molecule has 0 saturated carbocycles. The second-order valence-corrected chi connectivity index (χ2v) is 10.5. The van der Waals surface area contributed by atoms with E-state index < -0.39 is 0 Å². The van der Waals surface area contributed by atoms with Crippen molar-refractivity contribution in [3.05, 3.63) is 58.5 Å². The molecule has 37 heavy (non-hydrogen) atoms. The molecule has 3 aromatic rings. The molecular formula is C27H31N5O4S. The zero-order chi connectivity index (χ0) is 25.9. The number of amides is 2. The van der Waals surface area contributed by atoms with Crippen molar-refractivity contribution in [3.8, 4) is 11.4 Å². The summed E-state index contributed by atoms with van der Waals surface area (Å²) in [4.78, 5) is 36.7. The van der Waals surface area contributed by atoms with Crippen molar-refractivity contribution in [1.82, 2.24) is 15.3 Å². The Bertz CT molecular complexity index is 1290. The first-order chi connectivity index (χ1) is 17.9. The van der Waals surface area contributed by atoms with Gasteiger partial charge in [0.2, 0.25) is 5.91 Å². The van der Waals surface area contributed by atoms with E-state index in [1.54, 1.807) is 6.07 Å². The molecule has 194 valence electrons. The zero-order valence-corrected chi connectivity index (χ0v) is 22.0. The van der Waals surface area contributed by atoms with Gasteiger partial charge in [-0.2, -0.15) is 0 Å². The van der Waals surface area contributed by atoms with Gasteiger partial charge in [-0.15, -0.1) is 11.3 Å². The van der Waals surface area contributed by atoms with E-state index in [4.69, 9.17) is 14.5 Å². The fourth-order valence-electron chi connectivity index (χ4n) is 4.74. The third-order valence-corrected chi connectivity index (χ3v) is 7.22. The van der Waals surface area contributed by atoms with Gasteiger partial charge in [-0.1, -0.05) is 19.1 Å². The Labute approximate surface area is 220 Å². The number of rotatable bonds is 6. The third kappa shape index (κ3) is 5.98. The fourth-order valence-corrected chi connectivity index (χ4v) is 5.46. The Hall–Kier alpha value is -3.34. The number of carbonyl (C=O) groups is 2. The van der Waals surface area contributed by atoms with Crippen LogP contribution in [-0.4, -0.2) is 60.2 Å². The van der Waals surface area contributed by atoms with Crippen LogP contribution in [-0.2, 0) is 20.9 Å². The van der Waals surface area contributed by atoms with Crippen LogP contribution in [0.2, 0.25) is 0 Å². The number of thiazole rings is 1. The molecule has 3 atom stereocenters. The van der Waals surface area contributed by atoms with Crippen molar-refractivity contribution >= 4 is 34.1 Å². The highest BCUT2D eigenvalue weighted by Gasteiger charge is 2.24. The Morgan fingerprint density at radius 3 is 2.70 bits per heavy atom. The average Bonchev–Trinajstić information content (AvgIpc) is 3.35. The molecule has 2 aliphatic heterocycles. The minimum absolute atomic E-state index is 0.140. The van der Waals surface area contributed by atoms with Crippen molar-refractivity contribution in [2.24, 2.45) is 0 Å². The van der Waals surface area contributed by atoms with Crippen LogP contribution < -0.4 is 15.5 Å². The van der Waals surface area contributed by atoms with Crippen molar-refractivity contribution in [1.29, 1.82) is 0 Å². The minimum Gasteiger partial charge on any atom is -0.376 e. The number of ether oxygens (including phenoxy) is 2. The van der Waals surface area contributed by atoms with Crippen LogP contribution in [0.15, 0.2) is 41.8 Å². The largest absolute Gasteiger partial charge is 0.376 e. The number of anilines is 2. The molecule has 5 rings (SSSR count). The quantitative estimate of drug-likeness (QED) is 0.508. The van der Waals surface area contributed by atoms with Gasteiger partial charge in [-0.25, -0.2) is 9.97 Å². The molecule has 1 saturated heterocycles. The zero-order valence-electron chi connectivity index (χ0n) is 21.2. The highest BCUT2D eigenvalue weighted by atomic mass is 32.1. The van der Waals surface area contributed by atoms with E-state index in [2.05, 4.69) is 41.3 Å². The van der Waals surface area contributed by atoms with Gasteiger partial charge in [0.15, 0.2) is 5.13 Å². The summed E-state index contributed by atoms with van der Waals surface area (Å²) < 4.78 is 11.4. The van der Waals surface area contributed by atoms with E-state index in [0.29, 0.717) is 29.6 Å². The number of fused-ring (bicyclic) bond motifs is 1. The van der Waals surface area contributed by atoms with E-state index >= 15 is 0 Å². The van der Waals surface area contributed by atoms with Gasteiger partial charge >= 0.3 is 0 Å². The maximum Gasteiger partial charge on any atom is 0.251 e. The molecule has 4 heterocycles. The summed E-state index contributed by atoms with van der Waals surface area (Å²) >= 11 is 1.32. The van der Waals surface area contributed by atoms with Crippen LogP contribution in [0.3, 0.4) is 0 Å². The van der Waals surface area contributed by atoms with E-state index in [1.807, 2.05) is 35.7 Å². The highest BCUT2D eigenvalue weighted by molar-refractivity contribution is 7.14. The van der Waals surface area contributed by atoms with Gasteiger partial charge in [0.25, 0.3) is 5.91 Å². The van der Waals surface area contributed by atoms with Crippen LogP contribution >= 0.6 is 11.3 Å². The molecule has 0 bridgehead atoms. The third-order valence-electron chi connectivity index (χ3n) is 6.46. The molecule has 10 heteroatoms. The maximum atomic E-state index is 12.6. The fraction of sp³-hybridized carbons (Fsp3) is 0.407. The molecular weight excluding hydrogens is 490 g/mol. The number of benzene rings is 1. The van der Waals surface area contributed by atoms with Gasteiger partial charge in [-0.05, 0) is 49.2 Å². The number of nitrogens with zero attached hydrogens (tertiary/aromatic N) is 3. The van der Waals surface area contributed by atoms with Gasteiger partial charge in [-0.3, -0.25) is 9.59 Å². The molecule has 0 aliphatic carbocycles. The lowest BCUT2D eigenvalue weighted by Crippen LogP contribution is -2.45. The number of carbonyl (C=O) groups excluding carboxylic acids is 2. The monoisotopic (exact) mass is 521 g/mol. The lowest BCUT2D eigenvalue weighted by atomic mass is 9.92. The second-order valence-electron chi connectivity index (χ2n) is 9.64. The number of nitrogens with one attached hydrogen (secondary N) is 2. The molecule has 0 unspecified atom stereocenters. The second kappa shape index (κ2) is 11.0. The van der Waals surface area contributed by atoms with Crippen molar-refractivity contribution in [2.75, 3.05) is 36.5 Å². The molecule has 2 aromatic heterocycles. The van der Waals surface area contributed by atoms with Gasteiger partial charge in [0.1, 0.15) is 11.5 Å².